The van der Waals surface area contributed by atoms with Crippen LogP contribution in [0.25, 0.3) is 5.57 Å². The normalized spacial score (nSPS) is 21.1. The molecule has 0 amide bonds. The molecular weight excluding hydrogens is 500 g/mol. The molecular formula is C29H34N4O4S. The van der Waals surface area contributed by atoms with Crippen molar-refractivity contribution >= 4 is 15.6 Å². The molecule has 0 radical (unpaired) electrons. The monoisotopic (exact) mass is 534 g/mol. The van der Waals surface area contributed by atoms with E-state index in [1.165, 1.54) is 5.56 Å². The van der Waals surface area contributed by atoms with E-state index in [2.05, 4.69) is 17.0 Å². The first-order valence-electron chi connectivity index (χ1n) is 13.6. The molecule has 1 saturated carbocycles. The molecule has 0 spiro atoms. The summed E-state index contributed by atoms with van der Waals surface area (Å²) in [4.78, 5) is 7.59. The summed E-state index contributed by atoms with van der Waals surface area (Å²) in [6.07, 6.45) is 7.17. The minimum atomic E-state index is -3.61. The number of allylic oxidation sites excluding steroid dienone is 2. The molecule has 3 heterocycles. The fourth-order valence-corrected chi connectivity index (χ4v) is 7.60. The molecule has 8 nitrogen and oxygen atoms in total. The van der Waals surface area contributed by atoms with Gasteiger partial charge in [0.2, 0.25) is 10.0 Å². The molecule has 38 heavy (non-hydrogen) atoms. The number of piperidine rings is 1. The van der Waals surface area contributed by atoms with Gasteiger partial charge in [-0.1, -0.05) is 12.1 Å². The lowest BCUT2D eigenvalue weighted by Crippen LogP contribution is -2.50. The van der Waals surface area contributed by atoms with Crippen molar-refractivity contribution in [1.29, 1.82) is 5.26 Å². The van der Waals surface area contributed by atoms with Crippen LogP contribution in [-0.2, 0) is 27.6 Å². The number of sulfonamides is 1. The van der Waals surface area contributed by atoms with E-state index in [0.717, 1.165) is 80.1 Å². The number of hydrogen-bond acceptors (Lipinski definition) is 7. The Hall–Kier alpha value is -2.77. The number of morpholine rings is 1. The number of ether oxygens (including phenoxy) is 2. The van der Waals surface area contributed by atoms with Crippen LogP contribution in [0.1, 0.15) is 59.7 Å². The predicted molar refractivity (Wildman–Crippen MR) is 143 cm³/mol. The second kappa shape index (κ2) is 10.4. The van der Waals surface area contributed by atoms with E-state index >= 15 is 0 Å². The molecule has 0 bridgehead atoms. The first-order chi connectivity index (χ1) is 18.5. The van der Waals surface area contributed by atoms with Crippen LogP contribution in [0.3, 0.4) is 0 Å². The zero-order valence-electron chi connectivity index (χ0n) is 21.9. The highest BCUT2D eigenvalue weighted by atomic mass is 32.2. The summed E-state index contributed by atoms with van der Waals surface area (Å²) in [6, 6.07) is 10.1. The predicted octanol–water partition coefficient (Wildman–Crippen LogP) is 3.51. The maximum absolute atomic E-state index is 13.5. The zero-order valence-corrected chi connectivity index (χ0v) is 22.7. The van der Waals surface area contributed by atoms with Crippen molar-refractivity contribution in [1.82, 2.24) is 14.2 Å². The van der Waals surface area contributed by atoms with E-state index in [9.17, 15) is 13.7 Å². The topological polar surface area (TPSA) is 95.8 Å². The fraction of sp³-hybridized carbons (Fsp3) is 0.517. The Balaban J connectivity index is 1.19. The molecule has 2 saturated heterocycles. The van der Waals surface area contributed by atoms with Crippen molar-refractivity contribution in [2.45, 2.75) is 55.4 Å². The number of nitrogens with zero attached hydrogens (tertiary/aromatic N) is 4. The van der Waals surface area contributed by atoms with Gasteiger partial charge >= 0.3 is 0 Å². The van der Waals surface area contributed by atoms with E-state index in [-0.39, 0.29) is 4.90 Å². The lowest BCUT2D eigenvalue weighted by Gasteiger charge is -2.39. The number of hydrogen-bond donors (Lipinski definition) is 0. The molecule has 0 unspecified atom stereocenters. The van der Waals surface area contributed by atoms with Crippen LogP contribution in [-0.4, -0.2) is 75.2 Å². The third-order valence-electron chi connectivity index (χ3n) is 8.34. The van der Waals surface area contributed by atoms with Gasteiger partial charge in [0, 0.05) is 67.9 Å². The Bertz CT molecular complexity index is 1400. The van der Waals surface area contributed by atoms with Crippen LogP contribution in [0.2, 0.25) is 0 Å². The summed E-state index contributed by atoms with van der Waals surface area (Å²) >= 11 is 0. The van der Waals surface area contributed by atoms with Crippen LogP contribution < -0.4 is 4.74 Å². The van der Waals surface area contributed by atoms with Gasteiger partial charge in [-0.25, -0.2) is 8.42 Å². The van der Waals surface area contributed by atoms with Crippen molar-refractivity contribution in [3.05, 3.63) is 58.4 Å². The van der Waals surface area contributed by atoms with Gasteiger partial charge in [-0.15, -0.1) is 0 Å². The van der Waals surface area contributed by atoms with Gasteiger partial charge in [0.1, 0.15) is 5.75 Å². The minimum Gasteiger partial charge on any atom is -0.496 e. The highest BCUT2D eigenvalue weighted by Gasteiger charge is 2.33. The van der Waals surface area contributed by atoms with Gasteiger partial charge in [-0.3, -0.25) is 9.88 Å². The van der Waals surface area contributed by atoms with E-state index in [1.807, 2.05) is 12.1 Å². The number of methoxy groups -OCH3 is 1. The molecule has 2 aliphatic carbocycles. The Morgan fingerprint density at radius 3 is 2.55 bits per heavy atom. The second-order valence-corrected chi connectivity index (χ2v) is 12.6. The molecule has 200 valence electrons. The van der Waals surface area contributed by atoms with Crippen molar-refractivity contribution in [2.75, 3.05) is 46.5 Å². The smallest absolute Gasteiger partial charge is 0.243 e. The lowest BCUT2D eigenvalue weighted by molar-refractivity contribution is 0.00610. The molecule has 2 aliphatic heterocycles. The largest absolute Gasteiger partial charge is 0.496 e. The van der Waals surface area contributed by atoms with E-state index in [4.69, 9.17) is 14.5 Å². The molecule has 1 aromatic heterocycles. The van der Waals surface area contributed by atoms with Crippen molar-refractivity contribution in [3.63, 3.8) is 0 Å². The maximum Gasteiger partial charge on any atom is 0.243 e. The third kappa shape index (κ3) is 4.87. The Kier molecular flexibility index (Phi) is 6.99. The van der Waals surface area contributed by atoms with Gasteiger partial charge in [0.05, 0.1) is 42.6 Å². The summed E-state index contributed by atoms with van der Waals surface area (Å²) in [5.74, 6) is 1.06. The SMILES string of the molecule is COc1cc(S(=O)(=O)N2CCC(N3CCOCC3)CC2)ccc1Cc1cc(C2CC2)c2c(n1)CC=C2C#N. The fourth-order valence-electron chi connectivity index (χ4n) is 6.11. The van der Waals surface area contributed by atoms with Gasteiger partial charge in [0.25, 0.3) is 0 Å². The van der Waals surface area contributed by atoms with Crippen LogP contribution in [0.5, 0.6) is 5.75 Å². The van der Waals surface area contributed by atoms with Crippen LogP contribution in [0, 0.1) is 11.3 Å². The Labute approximate surface area is 224 Å². The molecule has 1 aromatic carbocycles. The van der Waals surface area contributed by atoms with Gasteiger partial charge in [-0.05, 0) is 49.3 Å². The number of fused-ring (bicyclic) bond motifs is 1. The molecule has 0 N–H and O–H groups in total. The molecule has 3 fully saturated rings. The highest BCUT2D eigenvalue weighted by molar-refractivity contribution is 7.89. The van der Waals surface area contributed by atoms with Crippen molar-refractivity contribution < 1.29 is 17.9 Å². The second-order valence-electron chi connectivity index (χ2n) is 10.7. The Morgan fingerprint density at radius 2 is 1.87 bits per heavy atom. The van der Waals surface area contributed by atoms with Crippen LogP contribution >= 0.6 is 0 Å². The lowest BCUT2D eigenvalue weighted by atomic mass is 9.97. The van der Waals surface area contributed by atoms with Crippen LogP contribution in [0.4, 0.5) is 0 Å². The highest BCUT2D eigenvalue weighted by Crippen LogP contribution is 2.45. The summed E-state index contributed by atoms with van der Waals surface area (Å²) in [5, 5.41) is 9.55. The minimum absolute atomic E-state index is 0.270. The summed E-state index contributed by atoms with van der Waals surface area (Å²) < 4.78 is 39.8. The number of rotatable bonds is 7. The molecule has 0 atom stereocenters. The van der Waals surface area contributed by atoms with Crippen molar-refractivity contribution in [3.8, 4) is 11.8 Å². The van der Waals surface area contributed by atoms with E-state index in [0.29, 0.717) is 43.6 Å². The van der Waals surface area contributed by atoms with Gasteiger partial charge < -0.3 is 9.47 Å². The number of pyridine rings is 1. The molecule has 6 rings (SSSR count). The summed E-state index contributed by atoms with van der Waals surface area (Å²) in [5.41, 5.74) is 5.80. The van der Waals surface area contributed by atoms with Gasteiger partial charge in [-0.2, -0.15) is 9.57 Å². The van der Waals surface area contributed by atoms with Crippen LogP contribution in [0.15, 0.2) is 35.2 Å². The quantitative estimate of drug-likeness (QED) is 0.536. The first-order valence-corrected chi connectivity index (χ1v) is 15.0. The molecule has 9 heteroatoms. The van der Waals surface area contributed by atoms with E-state index in [1.54, 1.807) is 23.5 Å². The molecule has 4 aliphatic rings. The average molecular weight is 535 g/mol. The number of aromatic nitrogens is 1. The van der Waals surface area contributed by atoms with Gasteiger partial charge in [0.15, 0.2) is 0 Å². The number of nitriles is 1. The standard InChI is InChI=1S/C29H34N4O4S/c1-36-28-18-25(38(34,35)33-10-8-24(9-11-33)32-12-14-37-15-13-32)6-4-21(28)16-23-17-26(20-2-3-20)29-22(19-30)5-7-27(29)31-23/h4-6,17-18,20,24H,2-3,7-16H2,1H3. The maximum atomic E-state index is 13.5. The third-order valence-corrected chi connectivity index (χ3v) is 10.2. The average Bonchev–Trinajstić information content (AvgIpc) is 3.72. The summed E-state index contributed by atoms with van der Waals surface area (Å²) in [6.45, 7) is 4.41. The van der Waals surface area contributed by atoms with Crippen molar-refractivity contribution in [2.24, 2.45) is 0 Å². The zero-order chi connectivity index (χ0) is 26.3. The molecule has 2 aromatic rings. The van der Waals surface area contributed by atoms with E-state index < -0.39 is 10.0 Å². The number of benzene rings is 1. The summed E-state index contributed by atoms with van der Waals surface area (Å²) in [7, 11) is -2.03. The Morgan fingerprint density at radius 1 is 1.11 bits per heavy atom. The first kappa shape index (κ1) is 25.5.